The molecule has 1 unspecified atom stereocenters. The molecule has 1 fully saturated rings. The second kappa shape index (κ2) is 7.18. The van der Waals surface area contributed by atoms with Gasteiger partial charge in [0.15, 0.2) is 0 Å². The summed E-state index contributed by atoms with van der Waals surface area (Å²) in [5.74, 6) is 1.52. The minimum atomic E-state index is -0.0436. The smallest absolute Gasteiger partial charge is 0.233 e. The van der Waals surface area contributed by atoms with Crippen LogP contribution >= 0.6 is 0 Å². The second-order valence-electron chi connectivity index (χ2n) is 5.59. The van der Waals surface area contributed by atoms with Crippen LogP contribution in [-0.4, -0.2) is 29.8 Å². The number of hydrogen-bond acceptors (Lipinski definition) is 5. The SMILES string of the molecule is CCCC1(c2nc(C(CC)OCC)no2)CCNCC1. The zero-order valence-electron chi connectivity index (χ0n) is 12.9. The lowest BCUT2D eigenvalue weighted by Crippen LogP contribution is -2.40. The third-order valence-corrected chi connectivity index (χ3v) is 4.21. The van der Waals surface area contributed by atoms with Crippen molar-refractivity contribution in [1.82, 2.24) is 15.5 Å². The van der Waals surface area contributed by atoms with Crippen molar-refractivity contribution in [3.63, 3.8) is 0 Å². The topological polar surface area (TPSA) is 60.2 Å². The van der Waals surface area contributed by atoms with E-state index in [-0.39, 0.29) is 11.5 Å². The molecule has 1 N–H and O–H groups in total. The first-order chi connectivity index (χ1) is 9.75. The number of piperidine rings is 1. The van der Waals surface area contributed by atoms with Crippen LogP contribution in [0.15, 0.2) is 4.52 Å². The Hall–Kier alpha value is -0.940. The zero-order chi connectivity index (χ0) is 14.4. The average Bonchev–Trinajstić information content (AvgIpc) is 2.96. The van der Waals surface area contributed by atoms with Crippen LogP contribution in [-0.2, 0) is 10.2 Å². The summed E-state index contributed by atoms with van der Waals surface area (Å²) in [6.45, 7) is 9.03. The van der Waals surface area contributed by atoms with Gasteiger partial charge in [0.1, 0.15) is 6.10 Å². The summed E-state index contributed by atoms with van der Waals surface area (Å²) in [7, 11) is 0. The monoisotopic (exact) mass is 281 g/mol. The van der Waals surface area contributed by atoms with Gasteiger partial charge in [0.05, 0.1) is 5.41 Å². The number of hydrogen-bond donors (Lipinski definition) is 1. The van der Waals surface area contributed by atoms with Crippen molar-refractivity contribution < 1.29 is 9.26 Å². The zero-order valence-corrected chi connectivity index (χ0v) is 12.9. The fraction of sp³-hybridized carbons (Fsp3) is 0.867. The predicted octanol–water partition coefficient (Wildman–Crippen LogP) is 2.98. The molecule has 1 aliphatic rings. The van der Waals surface area contributed by atoms with Gasteiger partial charge >= 0.3 is 0 Å². The molecule has 1 aromatic heterocycles. The third-order valence-electron chi connectivity index (χ3n) is 4.21. The molecule has 1 saturated heterocycles. The molecule has 20 heavy (non-hydrogen) atoms. The first-order valence-corrected chi connectivity index (χ1v) is 7.92. The molecule has 1 aliphatic heterocycles. The van der Waals surface area contributed by atoms with Gasteiger partial charge in [-0.05, 0) is 45.7 Å². The van der Waals surface area contributed by atoms with Gasteiger partial charge in [-0.2, -0.15) is 4.98 Å². The molecule has 5 heteroatoms. The highest BCUT2D eigenvalue weighted by molar-refractivity contribution is 5.08. The molecule has 0 aromatic carbocycles. The normalized spacial score (nSPS) is 19.9. The lowest BCUT2D eigenvalue weighted by Gasteiger charge is -2.34. The summed E-state index contributed by atoms with van der Waals surface area (Å²) in [4.78, 5) is 4.68. The van der Waals surface area contributed by atoms with E-state index in [4.69, 9.17) is 9.26 Å². The Balaban J connectivity index is 2.19. The molecule has 0 radical (unpaired) electrons. The van der Waals surface area contributed by atoms with E-state index < -0.39 is 0 Å². The Morgan fingerprint density at radius 3 is 2.65 bits per heavy atom. The van der Waals surface area contributed by atoms with E-state index in [1.165, 1.54) is 0 Å². The largest absolute Gasteiger partial charge is 0.370 e. The summed E-state index contributed by atoms with van der Waals surface area (Å²) in [5.41, 5.74) is 0.0652. The summed E-state index contributed by atoms with van der Waals surface area (Å²) in [5, 5.41) is 7.59. The Bertz CT molecular complexity index is 394. The lowest BCUT2D eigenvalue weighted by atomic mass is 9.75. The van der Waals surface area contributed by atoms with Crippen LogP contribution in [0.5, 0.6) is 0 Å². The van der Waals surface area contributed by atoms with Gasteiger partial charge < -0.3 is 14.6 Å². The Morgan fingerprint density at radius 2 is 2.05 bits per heavy atom. The minimum Gasteiger partial charge on any atom is -0.370 e. The van der Waals surface area contributed by atoms with Gasteiger partial charge in [-0.1, -0.05) is 25.4 Å². The third kappa shape index (κ3) is 3.20. The van der Waals surface area contributed by atoms with Crippen molar-refractivity contribution in [1.29, 1.82) is 0 Å². The number of nitrogens with zero attached hydrogens (tertiary/aromatic N) is 2. The van der Waals surface area contributed by atoms with E-state index in [1.54, 1.807) is 0 Å². The lowest BCUT2D eigenvalue weighted by molar-refractivity contribution is 0.0518. The van der Waals surface area contributed by atoms with Crippen LogP contribution in [0.2, 0.25) is 0 Å². The Morgan fingerprint density at radius 1 is 1.30 bits per heavy atom. The molecule has 114 valence electrons. The molecule has 1 aromatic rings. The molecular formula is C15H27N3O2. The van der Waals surface area contributed by atoms with E-state index in [0.29, 0.717) is 12.4 Å². The highest BCUT2D eigenvalue weighted by atomic mass is 16.5. The first kappa shape index (κ1) is 15.4. The van der Waals surface area contributed by atoms with Crippen LogP contribution in [0.25, 0.3) is 0 Å². The number of ether oxygens (including phenoxy) is 1. The quantitative estimate of drug-likeness (QED) is 0.832. The van der Waals surface area contributed by atoms with Crippen LogP contribution < -0.4 is 5.32 Å². The van der Waals surface area contributed by atoms with E-state index >= 15 is 0 Å². The van der Waals surface area contributed by atoms with Gasteiger partial charge in [-0.15, -0.1) is 0 Å². The van der Waals surface area contributed by atoms with Crippen molar-refractivity contribution in [3.05, 3.63) is 11.7 Å². The number of nitrogens with one attached hydrogen (secondary N) is 1. The summed E-state index contributed by atoms with van der Waals surface area (Å²) in [6.07, 6.45) is 5.23. The molecule has 0 amide bonds. The van der Waals surface area contributed by atoms with Gasteiger partial charge in [0.25, 0.3) is 0 Å². The molecular weight excluding hydrogens is 254 g/mol. The van der Waals surface area contributed by atoms with E-state index in [9.17, 15) is 0 Å². The summed E-state index contributed by atoms with van der Waals surface area (Å²) in [6, 6.07) is 0. The van der Waals surface area contributed by atoms with Crippen molar-refractivity contribution in [3.8, 4) is 0 Å². The van der Waals surface area contributed by atoms with Gasteiger partial charge in [-0.25, -0.2) is 0 Å². The van der Waals surface area contributed by atoms with Crippen molar-refractivity contribution in [2.24, 2.45) is 0 Å². The fourth-order valence-electron chi connectivity index (χ4n) is 3.11. The van der Waals surface area contributed by atoms with E-state index in [0.717, 1.165) is 51.1 Å². The molecule has 0 saturated carbocycles. The molecule has 2 rings (SSSR count). The maximum absolute atomic E-state index is 5.67. The number of rotatable bonds is 7. The van der Waals surface area contributed by atoms with Gasteiger partial charge in [0, 0.05) is 6.61 Å². The minimum absolute atomic E-state index is 0.0436. The number of aromatic nitrogens is 2. The fourth-order valence-corrected chi connectivity index (χ4v) is 3.11. The van der Waals surface area contributed by atoms with Crippen LogP contribution in [0.3, 0.4) is 0 Å². The molecule has 0 bridgehead atoms. The maximum Gasteiger partial charge on any atom is 0.233 e. The van der Waals surface area contributed by atoms with Gasteiger partial charge in [-0.3, -0.25) is 0 Å². The molecule has 5 nitrogen and oxygen atoms in total. The van der Waals surface area contributed by atoms with Crippen molar-refractivity contribution in [2.75, 3.05) is 19.7 Å². The molecule has 0 spiro atoms. The van der Waals surface area contributed by atoms with Crippen LogP contribution in [0.1, 0.15) is 70.7 Å². The average molecular weight is 281 g/mol. The van der Waals surface area contributed by atoms with Gasteiger partial charge in [0.2, 0.25) is 11.7 Å². The Kier molecular flexibility index (Phi) is 5.54. The van der Waals surface area contributed by atoms with Crippen LogP contribution in [0, 0.1) is 0 Å². The second-order valence-corrected chi connectivity index (χ2v) is 5.59. The predicted molar refractivity (Wildman–Crippen MR) is 77.6 cm³/mol. The first-order valence-electron chi connectivity index (χ1n) is 7.92. The Labute approximate surface area is 121 Å². The molecule has 0 aliphatic carbocycles. The van der Waals surface area contributed by atoms with Crippen LogP contribution in [0.4, 0.5) is 0 Å². The van der Waals surface area contributed by atoms with E-state index in [2.05, 4.69) is 29.3 Å². The van der Waals surface area contributed by atoms with E-state index in [1.807, 2.05) is 6.92 Å². The maximum atomic E-state index is 5.67. The van der Waals surface area contributed by atoms with Crippen molar-refractivity contribution >= 4 is 0 Å². The molecule has 1 atom stereocenters. The standard InChI is InChI=1S/C15H27N3O2/c1-4-7-15(8-10-16-11-9-15)14-17-13(18-20-14)12(5-2)19-6-3/h12,16H,4-11H2,1-3H3. The molecule has 2 heterocycles. The summed E-state index contributed by atoms with van der Waals surface area (Å²) >= 11 is 0. The highest BCUT2D eigenvalue weighted by Gasteiger charge is 2.38. The highest BCUT2D eigenvalue weighted by Crippen LogP contribution is 2.37. The summed E-state index contributed by atoms with van der Waals surface area (Å²) < 4.78 is 11.3. The van der Waals surface area contributed by atoms with Crippen molar-refractivity contribution in [2.45, 2.75) is 64.4 Å².